The highest BCUT2D eigenvalue weighted by Gasteiger charge is 2.14. The number of carbonyl (C=O) groups excluding carboxylic acids is 1. The summed E-state index contributed by atoms with van der Waals surface area (Å²) in [7, 11) is 3.67. The maximum absolute atomic E-state index is 12.7. The minimum atomic E-state index is -0.0131. The van der Waals surface area contributed by atoms with Crippen molar-refractivity contribution in [3.05, 3.63) is 70.8 Å². The molecular weight excluding hydrogens is 314 g/mol. The molecule has 0 N–H and O–H groups in total. The van der Waals surface area contributed by atoms with Crippen molar-refractivity contribution in [2.75, 3.05) is 7.05 Å². The van der Waals surface area contributed by atoms with Crippen LogP contribution in [0.5, 0.6) is 0 Å². The maximum atomic E-state index is 12.7. The van der Waals surface area contributed by atoms with Crippen LogP contribution in [0.25, 0.3) is 0 Å². The van der Waals surface area contributed by atoms with Gasteiger partial charge in [-0.2, -0.15) is 10.2 Å². The minimum Gasteiger partial charge on any atom is -0.336 e. The van der Waals surface area contributed by atoms with Crippen molar-refractivity contribution in [3.63, 3.8) is 0 Å². The Hall–Kier alpha value is -2.89. The van der Waals surface area contributed by atoms with E-state index in [0.29, 0.717) is 18.7 Å². The molecule has 0 radical (unpaired) electrons. The second-order valence-electron chi connectivity index (χ2n) is 6.43. The molecule has 0 atom stereocenters. The van der Waals surface area contributed by atoms with Crippen molar-refractivity contribution in [3.8, 4) is 0 Å². The zero-order chi connectivity index (χ0) is 18.0. The molecule has 2 aromatic heterocycles. The molecule has 130 valence electrons. The number of rotatable bonds is 5. The molecule has 0 saturated carbocycles. The molecule has 1 aromatic carbocycles. The molecule has 0 unspecified atom stereocenters. The predicted octanol–water partition coefficient (Wildman–Crippen LogP) is 2.55. The first-order chi connectivity index (χ1) is 11.9. The summed E-state index contributed by atoms with van der Waals surface area (Å²) in [5.74, 6) is -0.0131. The fourth-order valence-electron chi connectivity index (χ4n) is 2.89. The van der Waals surface area contributed by atoms with Gasteiger partial charge < -0.3 is 4.90 Å². The SMILES string of the molecule is Cc1cc(C)n(Cc2cccc(C(=O)N(C)Cc3ccn(C)n3)c2)n1. The van der Waals surface area contributed by atoms with Gasteiger partial charge in [-0.1, -0.05) is 12.1 Å². The Labute approximate surface area is 147 Å². The molecule has 0 saturated heterocycles. The largest absolute Gasteiger partial charge is 0.336 e. The van der Waals surface area contributed by atoms with E-state index >= 15 is 0 Å². The molecule has 6 nitrogen and oxygen atoms in total. The summed E-state index contributed by atoms with van der Waals surface area (Å²) in [6.45, 7) is 5.16. The molecule has 25 heavy (non-hydrogen) atoms. The van der Waals surface area contributed by atoms with Crippen LogP contribution in [0, 0.1) is 13.8 Å². The lowest BCUT2D eigenvalue weighted by Crippen LogP contribution is -2.26. The molecule has 3 aromatic rings. The van der Waals surface area contributed by atoms with Gasteiger partial charge in [0.05, 0.1) is 24.5 Å². The Kier molecular flexibility index (Phi) is 4.70. The van der Waals surface area contributed by atoms with Crippen LogP contribution in [0.2, 0.25) is 0 Å². The van der Waals surface area contributed by atoms with Gasteiger partial charge in [0.1, 0.15) is 0 Å². The maximum Gasteiger partial charge on any atom is 0.253 e. The van der Waals surface area contributed by atoms with Gasteiger partial charge in [-0.25, -0.2) is 0 Å². The van der Waals surface area contributed by atoms with Gasteiger partial charge in [-0.15, -0.1) is 0 Å². The van der Waals surface area contributed by atoms with Crippen molar-refractivity contribution in [1.29, 1.82) is 0 Å². The fraction of sp³-hybridized carbons (Fsp3) is 0.316. The van der Waals surface area contributed by atoms with E-state index in [1.165, 1.54) is 0 Å². The average Bonchev–Trinajstić information content (AvgIpc) is 3.11. The van der Waals surface area contributed by atoms with Gasteiger partial charge in [0.15, 0.2) is 0 Å². The van der Waals surface area contributed by atoms with E-state index in [-0.39, 0.29) is 5.91 Å². The van der Waals surface area contributed by atoms with E-state index < -0.39 is 0 Å². The van der Waals surface area contributed by atoms with Gasteiger partial charge in [0.2, 0.25) is 0 Å². The van der Waals surface area contributed by atoms with E-state index in [1.807, 2.05) is 62.1 Å². The summed E-state index contributed by atoms with van der Waals surface area (Å²) in [6.07, 6.45) is 1.88. The van der Waals surface area contributed by atoms with Crippen LogP contribution in [0.1, 0.15) is 33.0 Å². The quantitative estimate of drug-likeness (QED) is 0.719. The van der Waals surface area contributed by atoms with Crippen molar-refractivity contribution < 1.29 is 4.79 Å². The first-order valence-corrected chi connectivity index (χ1v) is 8.26. The molecule has 0 aliphatic carbocycles. The number of benzene rings is 1. The monoisotopic (exact) mass is 337 g/mol. The Balaban J connectivity index is 1.73. The first kappa shape index (κ1) is 17.0. The third kappa shape index (κ3) is 3.96. The van der Waals surface area contributed by atoms with Crippen molar-refractivity contribution in [2.45, 2.75) is 26.9 Å². The van der Waals surface area contributed by atoms with Crippen LogP contribution in [-0.4, -0.2) is 37.4 Å². The van der Waals surface area contributed by atoms with Crippen LogP contribution in [0.15, 0.2) is 42.6 Å². The Morgan fingerprint density at radius 1 is 1.16 bits per heavy atom. The molecule has 3 rings (SSSR count). The number of hydrogen-bond acceptors (Lipinski definition) is 3. The van der Waals surface area contributed by atoms with Gasteiger partial charge >= 0.3 is 0 Å². The lowest BCUT2D eigenvalue weighted by Gasteiger charge is -2.16. The number of nitrogens with zero attached hydrogens (tertiary/aromatic N) is 5. The number of carbonyl (C=O) groups is 1. The topological polar surface area (TPSA) is 56.0 Å². The molecule has 2 heterocycles. The van der Waals surface area contributed by atoms with Gasteiger partial charge in [0.25, 0.3) is 5.91 Å². The molecule has 0 bridgehead atoms. The zero-order valence-corrected chi connectivity index (χ0v) is 15.1. The normalized spacial score (nSPS) is 10.9. The number of hydrogen-bond donors (Lipinski definition) is 0. The second kappa shape index (κ2) is 6.93. The number of aromatic nitrogens is 4. The van der Waals surface area contributed by atoms with Crippen LogP contribution >= 0.6 is 0 Å². The highest BCUT2D eigenvalue weighted by Crippen LogP contribution is 2.12. The second-order valence-corrected chi connectivity index (χ2v) is 6.43. The van der Waals surface area contributed by atoms with Crippen molar-refractivity contribution >= 4 is 5.91 Å². The lowest BCUT2D eigenvalue weighted by molar-refractivity contribution is 0.0783. The molecule has 1 amide bonds. The third-order valence-electron chi connectivity index (χ3n) is 4.12. The summed E-state index contributed by atoms with van der Waals surface area (Å²) >= 11 is 0. The predicted molar refractivity (Wildman–Crippen MR) is 96.3 cm³/mol. The van der Waals surface area contributed by atoms with E-state index in [4.69, 9.17) is 0 Å². The third-order valence-corrected chi connectivity index (χ3v) is 4.12. The number of aryl methyl sites for hydroxylation is 3. The van der Waals surface area contributed by atoms with Crippen LogP contribution < -0.4 is 0 Å². The van der Waals surface area contributed by atoms with E-state index in [9.17, 15) is 4.79 Å². The Morgan fingerprint density at radius 3 is 2.60 bits per heavy atom. The van der Waals surface area contributed by atoms with Crippen LogP contribution in [0.3, 0.4) is 0 Å². The van der Waals surface area contributed by atoms with Gasteiger partial charge in [0, 0.05) is 31.5 Å². The van der Waals surface area contributed by atoms with Gasteiger partial charge in [-0.05, 0) is 43.7 Å². The Bertz CT molecular complexity index is 893. The highest BCUT2D eigenvalue weighted by molar-refractivity contribution is 5.94. The van der Waals surface area contributed by atoms with Crippen molar-refractivity contribution in [1.82, 2.24) is 24.5 Å². The first-order valence-electron chi connectivity index (χ1n) is 8.26. The average molecular weight is 337 g/mol. The Morgan fingerprint density at radius 2 is 1.96 bits per heavy atom. The number of amides is 1. The minimum absolute atomic E-state index is 0.0131. The standard InChI is InChI=1S/C19H23N5O/c1-14-10-15(2)24(20-14)12-16-6-5-7-17(11-16)19(25)22(3)13-18-8-9-23(4)21-18/h5-11H,12-13H2,1-4H3. The highest BCUT2D eigenvalue weighted by atomic mass is 16.2. The fourth-order valence-corrected chi connectivity index (χ4v) is 2.89. The summed E-state index contributed by atoms with van der Waals surface area (Å²) in [4.78, 5) is 14.4. The molecule has 0 spiro atoms. The summed E-state index contributed by atoms with van der Waals surface area (Å²) in [5.41, 5.74) is 4.72. The van der Waals surface area contributed by atoms with E-state index in [1.54, 1.807) is 16.6 Å². The zero-order valence-electron chi connectivity index (χ0n) is 15.1. The van der Waals surface area contributed by atoms with E-state index in [0.717, 1.165) is 22.6 Å². The molecule has 0 aliphatic rings. The molecule has 0 fully saturated rings. The summed E-state index contributed by atoms with van der Waals surface area (Å²) < 4.78 is 3.69. The lowest BCUT2D eigenvalue weighted by atomic mass is 10.1. The molecule has 6 heteroatoms. The van der Waals surface area contributed by atoms with Crippen LogP contribution in [-0.2, 0) is 20.1 Å². The van der Waals surface area contributed by atoms with Gasteiger partial charge in [-0.3, -0.25) is 14.2 Å². The molecular formula is C19H23N5O. The smallest absolute Gasteiger partial charge is 0.253 e. The van der Waals surface area contributed by atoms with Crippen molar-refractivity contribution in [2.24, 2.45) is 7.05 Å². The molecule has 0 aliphatic heterocycles. The van der Waals surface area contributed by atoms with Crippen LogP contribution in [0.4, 0.5) is 0 Å². The summed E-state index contributed by atoms with van der Waals surface area (Å²) in [5, 5.41) is 8.81. The summed E-state index contributed by atoms with van der Waals surface area (Å²) in [6, 6.07) is 11.7. The van der Waals surface area contributed by atoms with E-state index in [2.05, 4.69) is 16.3 Å².